The summed E-state index contributed by atoms with van der Waals surface area (Å²) in [6.45, 7) is 4.59. The zero-order chi connectivity index (χ0) is 21.2. The molecule has 7 heteroatoms. The van der Waals surface area contributed by atoms with Crippen LogP contribution in [0.2, 0.25) is 0 Å². The standard InChI is InChI=1S/C24H26N6O/c1-31-21-7-3-2-6-19(21)24-20(30-16-18(25)9-10-23(30)27-24)17-28-12-14-29(15-13-28)22-8-4-5-11-26-22/h2-11,16H,12-15,17,25H2,1H3. The number of benzene rings is 1. The van der Waals surface area contributed by atoms with Gasteiger partial charge in [-0.25, -0.2) is 9.97 Å². The summed E-state index contributed by atoms with van der Waals surface area (Å²) in [5, 5.41) is 0. The molecule has 7 nitrogen and oxygen atoms in total. The molecule has 4 aromatic rings. The molecular formula is C24H26N6O. The molecule has 0 bridgehead atoms. The number of piperazine rings is 1. The first kappa shape index (κ1) is 19.4. The monoisotopic (exact) mass is 414 g/mol. The van der Waals surface area contributed by atoms with Gasteiger partial charge in [-0.05, 0) is 36.4 Å². The summed E-state index contributed by atoms with van der Waals surface area (Å²) in [5.74, 6) is 1.86. The van der Waals surface area contributed by atoms with E-state index >= 15 is 0 Å². The molecular weight excluding hydrogens is 388 g/mol. The van der Waals surface area contributed by atoms with Crippen molar-refractivity contribution < 1.29 is 4.74 Å². The summed E-state index contributed by atoms with van der Waals surface area (Å²) in [6.07, 6.45) is 3.81. The van der Waals surface area contributed by atoms with E-state index in [0.29, 0.717) is 0 Å². The van der Waals surface area contributed by atoms with Gasteiger partial charge in [-0.15, -0.1) is 0 Å². The molecule has 1 aliphatic rings. The Labute approximate surface area is 181 Å². The molecule has 3 aromatic heterocycles. The molecule has 1 saturated heterocycles. The van der Waals surface area contributed by atoms with Crippen molar-refractivity contribution in [2.24, 2.45) is 0 Å². The third-order valence-corrected chi connectivity index (χ3v) is 5.82. The number of nitrogen functional groups attached to an aromatic ring is 1. The highest BCUT2D eigenvalue weighted by Crippen LogP contribution is 2.33. The Kier molecular flexibility index (Phi) is 5.18. The second-order valence-corrected chi connectivity index (χ2v) is 7.75. The van der Waals surface area contributed by atoms with Gasteiger partial charge in [-0.1, -0.05) is 18.2 Å². The molecule has 0 unspecified atom stereocenters. The van der Waals surface area contributed by atoms with Gasteiger partial charge < -0.3 is 19.8 Å². The van der Waals surface area contributed by atoms with Gasteiger partial charge in [0.15, 0.2) is 0 Å². The first-order valence-electron chi connectivity index (χ1n) is 10.5. The van der Waals surface area contributed by atoms with E-state index < -0.39 is 0 Å². The summed E-state index contributed by atoms with van der Waals surface area (Å²) in [7, 11) is 1.70. The first-order valence-corrected chi connectivity index (χ1v) is 10.5. The second kappa shape index (κ2) is 8.28. The van der Waals surface area contributed by atoms with Crippen LogP contribution in [-0.4, -0.2) is 52.6 Å². The molecule has 158 valence electrons. The van der Waals surface area contributed by atoms with Gasteiger partial charge in [0.2, 0.25) is 0 Å². The quantitative estimate of drug-likeness (QED) is 0.540. The lowest BCUT2D eigenvalue weighted by Gasteiger charge is -2.35. The highest BCUT2D eigenvalue weighted by Gasteiger charge is 2.23. The highest BCUT2D eigenvalue weighted by atomic mass is 16.5. The number of fused-ring (bicyclic) bond motifs is 1. The van der Waals surface area contributed by atoms with Crippen LogP contribution in [0.5, 0.6) is 5.75 Å². The smallest absolute Gasteiger partial charge is 0.137 e. The lowest BCUT2D eigenvalue weighted by atomic mass is 10.1. The average Bonchev–Trinajstić information content (AvgIpc) is 3.17. The SMILES string of the molecule is COc1ccccc1-c1nc2ccc(N)cn2c1CN1CCN(c2ccccn2)CC1. The molecule has 1 fully saturated rings. The van der Waals surface area contributed by atoms with E-state index in [1.165, 1.54) is 0 Å². The first-order chi connectivity index (χ1) is 15.2. The molecule has 0 saturated carbocycles. The number of anilines is 2. The van der Waals surface area contributed by atoms with Crippen LogP contribution in [-0.2, 0) is 6.54 Å². The summed E-state index contributed by atoms with van der Waals surface area (Å²) in [6, 6.07) is 18.0. The molecule has 0 spiro atoms. The Hall–Kier alpha value is -3.58. The molecule has 0 aliphatic carbocycles. The lowest BCUT2D eigenvalue weighted by molar-refractivity contribution is 0.246. The summed E-state index contributed by atoms with van der Waals surface area (Å²) < 4.78 is 7.74. The van der Waals surface area contributed by atoms with Crippen LogP contribution >= 0.6 is 0 Å². The second-order valence-electron chi connectivity index (χ2n) is 7.75. The predicted molar refractivity (Wildman–Crippen MR) is 123 cm³/mol. The Balaban J connectivity index is 1.46. The number of para-hydroxylation sites is 1. The minimum atomic E-state index is 0.720. The molecule has 0 atom stereocenters. The minimum Gasteiger partial charge on any atom is -0.496 e. The van der Waals surface area contributed by atoms with Crippen molar-refractivity contribution in [3.8, 4) is 17.0 Å². The van der Waals surface area contributed by atoms with E-state index in [0.717, 1.165) is 72.6 Å². The van der Waals surface area contributed by atoms with Crippen LogP contribution in [0.4, 0.5) is 11.5 Å². The molecule has 2 N–H and O–H groups in total. The van der Waals surface area contributed by atoms with E-state index in [4.69, 9.17) is 15.5 Å². The zero-order valence-electron chi connectivity index (χ0n) is 17.6. The fraction of sp³-hybridized carbons (Fsp3) is 0.250. The number of nitrogens with two attached hydrogens (primary N) is 1. The van der Waals surface area contributed by atoms with Gasteiger partial charge in [0.1, 0.15) is 17.2 Å². The summed E-state index contributed by atoms with van der Waals surface area (Å²) >= 11 is 0. The number of imidazole rings is 1. The van der Waals surface area contributed by atoms with Gasteiger partial charge in [0.25, 0.3) is 0 Å². The van der Waals surface area contributed by atoms with Crippen molar-refractivity contribution in [2.45, 2.75) is 6.54 Å². The molecule has 5 rings (SSSR count). The van der Waals surface area contributed by atoms with Crippen molar-refractivity contribution >= 4 is 17.2 Å². The Morgan fingerprint density at radius 3 is 2.55 bits per heavy atom. The predicted octanol–water partition coefficient (Wildman–Crippen LogP) is 3.31. The number of aromatic nitrogens is 3. The van der Waals surface area contributed by atoms with Gasteiger partial charge in [0.05, 0.1) is 18.5 Å². The number of methoxy groups -OCH3 is 1. The van der Waals surface area contributed by atoms with E-state index in [9.17, 15) is 0 Å². The van der Waals surface area contributed by atoms with E-state index in [1.54, 1.807) is 7.11 Å². The van der Waals surface area contributed by atoms with Crippen molar-refractivity contribution in [1.29, 1.82) is 0 Å². The lowest BCUT2D eigenvalue weighted by Crippen LogP contribution is -2.46. The average molecular weight is 415 g/mol. The molecule has 0 amide bonds. The van der Waals surface area contributed by atoms with Gasteiger partial charge in [0, 0.05) is 56.4 Å². The Morgan fingerprint density at radius 2 is 1.77 bits per heavy atom. The van der Waals surface area contributed by atoms with Crippen LogP contribution in [0, 0.1) is 0 Å². The topological polar surface area (TPSA) is 71.9 Å². The maximum Gasteiger partial charge on any atom is 0.137 e. The van der Waals surface area contributed by atoms with Crippen LogP contribution in [0.15, 0.2) is 67.0 Å². The van der Waals surface area contributed by atoms with Crippen molar-refractivity contribution in [3.63, 3.8) is 0 Å². The van der Waals surface area contributed by atoms with E-state index in [2.05, 4.69) is 31.3 Å². The largest absolute Gasteiger partial charge is 0.496 e. The van der Waals surface area contributed by atoms with Crippen molar-refractivity contribution in [3.05, 3.63) is 72.7 Å². The maximum absolute atomic E-state index is 6.11. The Bertz CT molecular complexity index is 1180. The third kappa shape index (κ3) is 3.80. The van der Waals surface area contributed by atoms with E-state index in [1.807, 2.05) is 54.9 Å². The normalized spacial score (nSPS) is 14.8. The number of pyridine rings is 2. The van der Waals surface area contributed by atoms with Gasteiger partial charge in [-0.2, -0.15) is 0 Å². The Morgan fingerprint density at radius 1 is 0.968 bits per heavy atom. The molecule has 1 aliphatic heterocycles. The summed E-state index contributed by atoms with van der Waals surface area (Å²) in [5.41, 5.74) is 10.8. The maximum atomic E-state index is 6.11. The fourth-order valence-electron chi connectivity index (χ4n) is 4.20. The summed E-state index contributed by atoms with van der Waals surface area (Å²) in [4.78, 5) is 14.2. The molecule has 31 heavy (non-hydrogen) atoms. The zero-order valence-corrected chi connectivity index (χ0v) is 17.6. The van der Waals surface area contributed by atoms with Crippen LogP contribution in [0.1, 0.15) is 5.69 Å². The van der Waals surface area contributed by atoms with Crippen molar-refractivity contribution in [2.75, 3.05) is 43.9 Å². The highest BCUT2D eigenvalue weighted by molar-refractivity contribution is 5.72. The molecule has 4 heterocycles. The van der Waals surface area contributed by atoms with Gasteiger partial charge in [-0.3, -0.25) is 4.90 Å². The van der Waals surface area contributed by atoms with Crippen LogP contribution in [0.3, 0.4) is 0 Å². The number of hydrogen-bond donors (Lipinski definition) is 1. The van der Waals surface area contributed by atoms with Crippen LogP contribution in [0.25, 0.3) is 16.9 Å². The van der Waals surface area contributed by atoms with Gasteiger partial charge >= 0.3 is 0 Å². The molecule has 0 radical (unpaired) electrons. The number of nitrogens with zero attached hydrogens (tertiary/aromatic N) is 5. The number of rotatable bonds is 5. The van der Waals surface area contributed by atoms with E-state index in [-0.39, 0.29) is 0 Å². The number of ether oxygens (including phenoxy) is 1. The minimum absolute atomic E-state index is 0.720. The van der Waals surface area contributed by atoms with Crippen molar-refractivity contribution in [1.82, 2.24) is 19.3 Å². The molecule has 1 aromatic carbocycles. The van der Waals surface area contributed by atoms with Crippen LogP contribution < -0.4 is 15.4 Å². The number of hydrogen-bond acceptors (Lipinski definition) is 6. The fourth-order valence-corrected chi connectivity index (χ4v) is 4.20. The third-order valence-electron chi connectivity index (χ3n) is 5.82.